The van der Waals surface area contributed by atoms with Gasteiger partial charge in [-0.15, -0.1) is 11.3 Å². The van der Waals surface area contributed by atoms with Crippen LogP contribution in [0.25, 0.3) is 0 Å². The molecule has 0 radical (unpaired) electrons. The SMILES string of the molecule is CC(C)(C)OC(=O)N1CCCc2c(sc3c2C(=O)NCN3)C1. The zero-order chi connectivity index (χ0) is 15.9. The summed E-state index contributed by atoms with van der Waals surface area (Å²) in [5, 5.41) is 6.93. The maximum Gasteiger partial charge on any atom is 0.410 e. The highest BCUT2D eigenvalue weighted by Gasteiger charge is 2.31. The Morgan fingerprint density at radius 2 is 2.09 bits per heavy atom. The minimum atomic E-state index is -0.498. The summed E-state index contributed by atoms with van der Waals surface area (Å²) in [7, 11) is 0. The first-order valence-electron chi connectivity index (χ1n) is 7.50. The zero-order valence-electron chi connectivity index (χ0n) is 13.1. The lowest BCUT2D eigenvalue weighted by molar-refractivity contribution is 0.0238. The molecule has 3 heterocycles. The van der Waals surface area contributed by atoms with Gasteiger partial charge in [-0.25, -0.2) is 4.79 Å². The summed E-state index contributed by atoms with van der Waals surface area (Å²) in [5.41, 5.74) is 1.34. The second kappa shape index (κ2) is 5.46. The summed E-state index contributed by atoms with van der Waals surface area (Å²) >= 11 is 1.57. The lowest BCUT2D eigenvalue weighted by Crippen LogP contribution is -2.36. The Morgan fingerprint density at radius 3 is 2.82 bits per heavy atom. The van der Waals surface area contributed by atoms with E-state index < -0.39 is 5.60 Å². The largest absolute Gasteiger partial charge is 0.444 e. The highest BCUT2D eigenvalue weighted by molar-refractivity contribution is 7.16. The fourth-order valence-electron chi connectivity index (χ4n) is 2.74. The highest BCUT2D eigenvalue weighted by Crippen LogP contribution is 2.37. The van der Waals surface area contributed by atoms with E-state index in [1.54, 1.807) is 16.2 Å². The van der Waals surface area contributed by atoms with Crippen LogP contribution in [0.4, 0.5) is 9.80 Å². The van der Waals surface area contributed by atoms with Gasteiger partial charge in [-0.1, -0.05) is 0 Å². The molecule has 1 aromatic heterocycles. The van der Waals surface area contributed by atoms with E-state index >= 15 is 0 Å². The number of rotatable bonds is 0. The molecule has 0 saturated heterocycles. The molecule has 22 heavy (non-hydrogen) atoms. The quantitative estimate of drug-likeness (QED) is 0.770. The van der Waals surface area contributed by atoms with Gasteiger partial charge in [0.05, 0.1) is 18.8 Å². The second-order valence-electron chi connectivity index (χ2n) is 6.57. The first-order chi connectivity index (χ1) is 10.3. The topological polar surface area (TPSA) is 70.7 Å². The van der Waals surface area contributed by atoms with Crippen LogP contribution >= 0.6 is 11.3 Å². The highest BCUT2D eigenvalue weighted by atomic mass is 32.1. The summed E-state index contributed by atoms with van der Waals surface area (Å²) in [6.45, 7) is 7.22. The van der Waals surface area contributed by atoms with Crippen LogP contribution in [-0.2, 0) is 17.7 Å². The number of nitrogens with zero attached hydrogens (tertiary/aromatic N) is 1. The molecule has 0 spiro atoms. The fourth-order valence-corrected chi connectivity index (χ4v) is 4.00. The van der Waals surface area contributed by atoms with Gasteiger partial charge in [0.25, 0.3) is 5.91 Å². The molecule has 120 valence electrons. The smallest absolute Gasteiger partial charge is 0.410 e. The van der Waals surface area contributed by atoms with Gasteiger partial charge in [0.15, 0.2) is 0 Å². The Balaban J connectivity index is 1.85. The third-order valence-electron chi connectivity index (χ3n) is 3.66. The van der Waals surface area contributed by atoms with Crippen molar-refractivity contribution in [2.24, 2.45) is 0 Å². The molecule has 2 amide bonds. The van der Waals surface area contributed by atoms with Crippen molar-refractivity contribution in [2.75, 3.05) is 18.5 Å². The van der Waals surface area contributed by atoms with Gasteiger partial charge in [0, 0.05) is 11.4 Å². The molecule has 3 rings (SSSR count). The Bertz CT molecular complexity index is 618. The van der Waals surface area contributed by atoms with Crippen LogP contribution in [0.3, 0.4) is 0 Å². The number of nitrogens with one attached hydrogen (secondary N) is 2. The molecule has 0 saturated carbocycles. The Labute approximate surface area is 133 Å². The standard InChI is InChI=1S/C15H21N3O3S/c1-15(2,3)21-14(20)18-6-4-5-9-10(7-18)22-13-11(9)12(19)16-8-17-13/h17H,4-8H2,1-3H3,(H,16,19). The van der Waals surface area contributed by atoms with Crippen molar-refractivity contribution in [3.05, 3.63) is 16.0 Å². The molecule has 6 nitrogen and oxygen atoms in total. The lowest BCUT2D eigenvalue weighted by Gasteiger charge is -2.26. The molecule has 0 aromatic carbocycles. The molecule has 0 fully saturated rings. The normalized spacial score (nSPS) is 17.8. The van der Waals surface area contributed by atoms with Gasteiger partial charge in [0.2, 0.25) is 0 Å². The molecule has 0 bridgehead atoms. The van der Waals surface area contributed by atoms with Crippen molar-refractivity contribution in [3.63, 3.8) is 0 Å². The number of thiophene rings is 1. The zero-order valence-corrected chi connectivity index (χ0v) is 13.9. The van der Waals surface area contributed by atoms with Crippen LogP contribution in [0.5, 0.6) is 0 Å². The first kappa shape index (κ1) is 15.1. The monoisotopic (exact) mass is 323 g/mol. The summed E-state index contributed by atoms with van der Waals surface area (Å²) in [4.78, 5) is 27.2. The van der Waals surface area contributed by atoms with E-state index in [4.69, 9.17) is 4.74 Å². The van der Waals surface area contributed by atoms with Gasteiger partial charge >= 0.3 is 6.09 Å². The van der Waals surface area contributed by atoms with Crippen molar-refractivity contribution >= 4 is 28.3 Å². The molecule has 2 aliphatic rings. The number of amides is 2. The van der Waals surface area contributed by atoms with Gasteiger partial charge in [-0.2, -0.15) is 0 Å². The number of carbonyl (C=O) groups excluding carboxylic acids is 2. The fraction of sp³-hybridized carbons (Fsp3) is 0.600. The van der Waals surface area contributed by atoms with Crippen molar-refractivity contribution in [2.45, 2.75) is 45.8 Å². The van der Waals surface area contributed by atoms with E-state index in [9.17, 15) is 9.59 Å². The number of carbonyl (C=O) groups is 2. The van der Waals surface area contributed by atoms with E-state index in [1.807, 2.05) is 20.8 Å². The predicted molar refractivity (Wildman–Crippen MR) is 85.2 cm³/mol. The number of hydrogen-bond donors (Lipinski definition) is 2. The maximum absolute atomic E-state index is 12.3. The van der Waals surface area contributed by atoms with E-state index in [-0.39, 0.29) is 12.0 Å². The Hall–Kier alpha value is -1.76. The van der Waals surface area contributed by atoms with Crippen LogP contribution in [0.15, 0.2) is 0 Å². The average Bonchev–Trinajstić information content (AvgIpc) is 2.62. The van der Waals surface area contributed by atoms with Crippen molar-refractivity contribution in [1.82, 2.24) is 10.2 Å². The summed E-state index contributed by atoms with van der Waals surface area (Å²) in [6.07, 6.45) is 1.36. The average molecular weight is 323 g/mol. The molecule has 1 aromatic rings. The summed E-state index contributed by atoms with van der Waals surface area (Å²) in [6, 6.07) is 0. The van der Waals surface area contributed by atoms with Crippen LogP contribution < -0.4 is 10.6 Å². The number of hydrogen-bond acceptors (Lipinski definition) is 5. The second-order valence-corrected chi connectivity index (χ2v) is 7.68. The van der Waals surface area contributed by atoms with E-state index in [1.165, 1.54) is 0 Å². The van der Waals surface area contributed by atoms with E-state index in [2.05, 4.69) is 10.6 Å². The molecule has 2 N–H and O–H groups in total. The molecule has 7 heteroatoms. The van der Waals surface area contributed by atoms with Crippen LogP contribution in [0.2, 0.25) is 0 Å². The van der Waals surface area contributed by atoms with E-state index in [0.717, 1.165) is 33.8 Å². The van der Waals surface area contributed by atoms with Crippen LogP contribution in [-0.4, -0.2) is 35.7 Å². The minimum Gasteiger partial charge on any atom is -0.444 e. The number of fused-ring (bicyclic) bond motifs is 3. The molecular weight excluding hydrogens is 302 g/mol. The van der Waals surface area contributed by atoms with Gasteiger partial charge < -0.3 is 20.3 Å². The minimum absolute atomic E-state index is 0.0167. The summed E-state index contributed by atoms with van der Waals surface area (Å²) < 4.78 is 5.47. The molecule has 0 atom stereocenters. The molecule has 0 aliphatic carbocycles. The van der Waals surface area contributed by atoms with Crippen molar-refractivity contribution in [1.29, 1.82) is 0 Å². The van der Waals surface area contributed by atoms with Crippen LogP contribution in [0.1, 0.15) is 48.0 Å². The summed E-state index contributed by atoms with van der Waals surface area (Å²) in [5.74, 6) is -0.0167. The van der Waals surface area contributed by atoms with Crippen molar-refractivity contribution < 1.29 is 14.3 Å². The third-order valence-corrected chi connectivity index (χ3v) is 4.83. The molecule has 2 aliphatic heterocycles. The Morgan fingerprint density at radius 1 is 1.32 bits per heavy atom. The number of anilines is 1. The van der Waals surface area contributed by atoms with Gasteiger partial charge in [0.1, 0.15) is 10.6 Å². The molecular formula is C15H21N3O3S. The first-order valence-corrected chi connectivity index (χ1v) is 8.31. The van der Waals surface area contributed by atoms with Gasteiger partial charge in [-0.3, -0.25) is 4.79 Å². The molecule has 0 unspecified atom stereocenters. The van der Waals surface area contributed by atoms with E-state index in [0.29, 0.717) is 19.8 Å². The predicted octanol–water partition coefficient (Wildman–Crippen LogP) is 2.54. The Kier molecular flexibility index (Phi) is 3.76. The maximum atomic E-state index is 12.3. The lowest BCUT2D eigenvalue weighted by atomic mass is 10.0. The van der Waals surface area contributed by atoms with Gasteiger partial charge in [-0.05, 0) is 39.2 Å². The van der Waals surface area contributed by atoms with Crippen molar-refractivity contribution in [3.8, 4) is 0 Å². The number of ether oxygens (including phenoxy) is 1. The third kappa shape index (κ3) is 2.90. The van der Waals surface area contributed by atoms with Crippen LogP contribution in [0, 0.1) is 0 Å².